The van der Waals surface area contributed by atoms with Crippen LogP contribution in [-0.2, 0) is 19.0 Å². The third kappa shape index (κ3) is 10.4. The summed E-state index contributed by atoms with van der Waals surface area (Å²) in [4.78, 5) is 24.0. The second kappa shape index (κ2) is 16.1. The number of carbonyl (C=O) groups is 2. The van der Waals surface area contributed by atoms with Crippen LogP contribution in [-0.4, -0.2) is 50.2 Å². The lowest BCUT2D eigenvalue weighted by Gasteiger charge is -2.26. The van der Waals surface area contributed by atoms with E-state index in [9.17, 15) is 18.4 Å². The van der Waals surface area contributed by atoms with Crippen molar-refractivity contribution >= 4 is 17.7 Å². The molecule has 0 aliphatic carbocycles. The second-order valence-corrected chi connectivity index (χ2v) is 7.61. The van der Waals surface area contributed by atoms with Gasteiger partial charge in [0.15, 0.2) is 6.10 Å². The molecule has 0 radical (unpaired) electrons. The summed E-state index contributed by atoms with van der Waals surface area (Å²) < 4.78 is 48.6. The topological polar surface area (TPSA) is 103 Å². The van der Waals surface area contributed by atoms with E-state index in [0.29, 0.717) is 36.8 Å². The van der Waals surface area contributed by atoms with Crippen molar-refractivity contribution in [1.29, 1.82) is 0 Å². The lowest BCUT2D eigenvalue weighted by Crippen LogP contribution is -2.28. The molecule has 0 heterocycles. The largest absolute Gasteiger partial charge is 0.491 e. The first kappa shape index (κ1) is 29.5. The fraction of sp³-hybridized carbons (Fsp3) is 0.333. The summed E-state index contributed by atoms with van der Waals surface area (Å²) in [6, 6.07) is 9.45. The number of benzene rings is 2. The molecule has 0 bridgehead atoms. The van der Waals surface area contributed by atoms with Gasteiger partial charge in [-0.05, 0) is 49.6 Å². The monoisotopic (exact) mass is 519 g/mol. The Hall–Kier alpha value is -3.76. The zero-order valence-electron chi connectivity index (χ0n) is 20.7. The van der Waals surface area contributed by atoms with E-state index in [2.05, 4.69) is 5.32 Å². The molecule has 2 rings (SSSR count). The number of anilines is 1. The highest BCUT2D eigenvalue weighted by molar-refractivity contribution is 5.85. The molecule has 0 spiro atoms. The Morgan fingerprint density at radius 3 is 2.51 bits per heavy atom. The number of esters is 1. The van der Waals surface area contributed by atoms with Gasteiger partial charge in [0.1, 0.15) is 24.0 Å². The molecule has 0 saturated carbocycles. The van der Waals surface area contributed by atoms with Crippen LogP contribution < -0.4 is 10.1 Å². The van der Waals surface area contributed by atoms with Crippen molar-refractivity contribution in [3.63, 3.8) is 0 Å². The van der Waals surface area contributed by atoms with Crippen LogP contribution in [0.5, 0.6) is 5.75 Å². The Morgan fingerprint density at radius 2 is 1.86 bits per heavy atom. The first-order valence-corrected chi connectivity index (χ1v) is 11.7. The molecular weight excluding hydrogens is 488 g/mol. The molecule has 2 atom stereocenters. The maximum Gasteiger partial charge on any atom is 0.412 e. The molecular formula is C27H31F2NO7. The van der Waals surface area contributed by atoms with Crippen LogP contribution in [0.2, 0.25) is 0 Å². The summed E-state index contributed by atoms with van der Waals surface area (Å²) in [6.07, 6.45) is 4.91. The number of aliphatic hydroxyl groups excluding tert-OH is 1. The highest BCUT2D eigenvalue weighted by Gasteiger charge is 2.27. The predicted molar refractivity (Wildman–Crippen MR) is 133 cm³/mol. The molecule has 0 unspecified atom stereocenters. The zero-order chi connectivity index (χ0) is 27.0. The number of hydrogen-bond acceptors (Lipinski definition) is 7. The lowest BCUT2D eigenvalue weighted by molar-refractivity contribution is -0.137. The van der Waals surface area contributed by atoms with Crippen LogP contribution in [0.25, 0.3) is 0 Å². The first-order chi connectivity index (χ1) is 17.9. The van der Waals surface area contributed by atoms with Gasteiger partial charge in [-0.15, -0.1) is 0 Å². The summed E-state index contributed by atoms with van der Waals surface area (Å²) in [5.41, 5.74) is 0.354. The fourth-order valence-electron chi connectivity index (χ4n) is 3.27. The number of aliphatic hydroxyl groups is 1. The average molecular weight is 520 g/mol. The van der Waals surface area contributed by atoms with Crippen LogP contribution in [0.4, 0.5) is 19.3 Å². The molecule has 2 aromatic rings. The van der Waals surface area contributed by atoms with Gasteiger partial charge in [-0.1, -0.05) is 30.4 Å². The van der Waals surface area contributed by atoms with Gasteiger partial charge in [0.05, 0.1) is 25.0 Å². The van der Waals surface area contributed by atoms with Gasteiger partial charge in [-0.2, -0.15) is 0 Å². The lowest BCUT2D eigenvalue weighted by atomic mass is 10.00. The van der Waals surface area contributed by atoms with E-state index in [0.717, 1.165) is 12.1 Å². The number of methoxy groups -OCH3 is 1. The number of rotatable bonds is 14. The molecule has 10 heteroatoms. The van der Waals surface area contributed by atoms with Crippen LogP contribution in [0.15, 0.2) is 66.8 Å². The molecule has 0 aliphatic heterocycles. The van der Waals surface area contributed by atoms with E-state index in [1.54, 1.807) is 43.3 Å². The highest BCUT2D eigenvalue weighted by Crippen LogP contribution is 2.29. The van der Waals surface area contributed by atoms with Crippen molar-refractivity contribution in [2.45, 2.75) is 32.0 Å². The normalized spacial score (nSPS) is 12.9. The molecule has 0 aliphatic rings. The summed E-state index contributed by atoms with van der Waals surface area (Å²) in [7, 11) is 1.47. The van der Waals surface area contributed by atoms with E-state index >= 15 is 0 Å². The van der Waals surface area contributed by atoms with Crippen molar-refractivity contribution in [2.24, 2.45) is 0 Å². The van der Waals surface area contributed by atoms with E-state index in [1.165, 1.54) is 13.2 Å². The number of carbonyl (C=O) groups excluding carboxylic acids is 2. The van der Waals surface area contributed by atoms with Gasteiger partial charge >= 0.3 is 12.1 Å². The molecule has 8 nitrogen and oxygen atoms in total. The minimum atomic E-state index is -0.953. The quantitative estimate of drug-likeness (QED) is 0.203. The molecule has 1 amide bonds. The SMILES string of the molecule is CCOC(=O)/C=C/C=C/CC[C@H](OC)[C@@H](OC(=O)Nc1ccc(F)cc1F)c1ccc(OCCO)cc1. The maximum absolute atomic E-state index is 14.0. The van der Waals surface area contributed by atoms with Crippen LogP contribution in [0.3, 0.4) is 0 Å². The molecule has 0 saturated heterocycles. The molecule has 0 fully saturated rings. The minimum absolute atomic E-state index is 0.128. The van der Waals surface area contributed by atoms with Gasteiger partial charge in [-0.25, -0.2) is 18.4 Å². The van der Waals surface area contributed by atoms with Crippen LogP contribution in [0.1, 0.15) is 31.4 Å². The van der Waals surface area contributed by atoms with Gasteiger partial charge in [0.25, 0.3) is 0 Å². The highest BCUT2D eigenvalue weighted by atomic mass is 19.1. The van der Waals surface area contributed by atoms with Crippen molar-refractivity contribution in [3.8, 4) is 5.75 Å². The van der Waals surface area contributed by atoms with Gasteiger partial charge < -0.3 is 24.1 Å². The smallest absolute Gasteiger partial charge is 0.412 e. The maximum atomic E-state index is 14.0. The predicted octanol–water partition coefficient (Wildman–Crippen LogP) is 5.10. The van der Waals surface area contributed by atoms with Gasteiger partial charge in [0.2, 0.25) is 0 Å². The summed E-state index contributed by atoms with van der Waals surface area (Å²) in [5, 5.41) is 11.2. The van der Waals surface area contributed by atoms with E-state index in [4.69, 9.17) is 24.1 Å². The Kier molecular flexibility index (Phi) is 12.8. The first-order valence-electron chi connectivity index (χ1n) is 11.7. The Labute approximate surface area is 214 Å². The van der Waals surface area contributed by atoms with Crippen molar-refractivity contribution in [1.82, 2.24) is 0 Å². The summed E-state index contributed by atoms with van der Waals surface area (Å²) >= 11 is 0. The summed E-state index contributed by atoms with van der Waals surface area (Å²) in [5.74, 6) is -1.64. The standard InChI is InChI=1S/C27H31F2NO7/c1-3-35-25(32)9-7-5-4-6-8-24(34-2)26(19-10-13-21(14-11-19)36-17-16-31)37-27(33)30-23-15-12-20(28)18-22(23)29/h4-5,7,9-15,18,24,26,31H,3,6,8,16-17H2,1-2H3,(H,30,33)/b5-4+,9-7+/t24-,26-/m0/s1. The van der Waals surface area contributed by atoms with E-state index in [-0.39, 0.29) is 18.9 Å². The zero-order valence-corrected chi connectivity index (χ0v) is 20.7. The molecule has 0 aromatic heterocycles. The third-order valence-corrected chi connectivity index (χ3v) is 4.99. The number of amides is 1. The molecule has 2 aromatic carbocycles. The van der Waals surface area contributed by atoms with Crippen LogP contribution in [0, 0.1) is 11.6 Å². The van der Waals surface area contributed by atoms with E-state index < -0.39 is 35.9 Å². The van der Waals surface area contributed by atoms with Crippen molar-refractivity contribution < 1.29 is 42.4 Å². The Morgan fingerprint density at radius 1 is 1.11 bits per heavy atom. The fourth-order valence-corrected chi connectivity index (χ4v) is 3.27. The van der Waals surface area contributed by atoms with Gasteiger partial charge in [-0.3, -0.25) is 5.32 Å². The number of ether oxygens (including phenoxy) is 4. The second-order valence-electron chi connectivity index (χ2n) is 7.61. The Balaban J connectivity index is 2.14. The number of halogens is 2. The van der Waals surface area contributed by atoms with E-state index in [1.807, 2.05) is 6.08 Å². The van der Waals surface area contributed by atoms with Crippen molar-refractivity contribution in [2.75, 3.05) is 32.2 Å². The molecule has 200 valence electrons. The number of hydrogen-bond donors (Lipinski definition) is 2. The average Bonchev–Trinajstić information content (AvgIpc) is 2.88. The van der Waals surface area contributed by atoms with Gasteiger partial charge in [0, 0.05) is 19.3 Å². The van der Waals surface area contributed by atoms with Crippen LogP contribution >= 0.6 is 0 Å². The third-order valence-electron chi connectivity index (χ3n) is 4.99. The minimum Gasteiger partial charge on any atom is -0.491 e. The Bertz CT molecular complexity index is 1060. The summed E-state index contributed by atoms with van der Waals surface area (Å²) in [6.45, 7) is 2.00. The molecule has 37 heavy (non-hydrogen) atoms. The number of nitrogens with one attached hydrogen (secondary N) is 1. The van der Waals surface area contributed by atoms with Crippen molar-refractivity contribution in [3.05, 3.63) is 84.0 Å². The number of allylic oxidation sites excluding steroid dienone is 3. The molecule has 2 N–H and O–H groups in total.